The van der Waals surface area contributed by atoms with Crippen molar-refractivity contribution in [2.45, 2.75) is 63.8 Å². The van der Waals surface area contributed by atoms with Crippen molar-refractivity contribution in [3.63, 3.8) is 0 Å². The van der Waals surface area contributed by atoms with Crippen LogP contribution in [0, 0.1) is 0 Å². The minimum atomic E-state index is -0.593. The summed E-state index contributed by atoms with van der Waals surface area (Å²) in [4.78, 5) is 0. The van der Waals surface area contributed by atoms with Gasteiger partial charge in [0.2, 0.25) is 0 Å². The Morgan fingerprint density at radius 1 is 1.15 bits per heavy atom. The van der Waals surface area contributed by atoms with Crippen LogP contribution >= 0.6 is 0 Å². The van der Waals surface area contributed by atoms with E-state index in [2.05, 4.69) is 19.2 Å². The number of nitrogens with one attached hydrogen (secondary N) is 1. The largest absolute Gasteiger partial charge is 0.390 e. The van der Waals surface area contributed by atoms with Crippen LogP contribution in [0.25, 0.3) is 0 Å². The summed E-state index contributed by atoms with van der Waals surface area (Å²) in [5.74, 6) is 0. The van der Waals surface area contributed by atoms with Gasteiger partial charge in [-0.25, -0.2) is 0 Å². The molecular formula is C10H21NO2. The van der Waals surface area contributed by atoms with Crippen molar-refractivity contribution in [3.05, 3.63) is 0 Å². The van der Waals surface area contributed by atoms with Gasteiger partial charge < -0.3 is 15.5 Å². The Morgan fingerprint density at radius 2 is 1.77 bits per heavy atom. The van der Waals surface area contributed by atoms with Crippen molar-refractivity contribution in [3.8, 4) is 0 Å². The maximum Gasteiger partial charge on any atom is 0.0951 e. The van der Waals surface area contributed by atoms with E-state index in [1.54, 1.807) is 0 Å². The van der Waals surface area contributed by atoms with Crippen LogP contribution in [0.5, 0.6) is 0 Å². The van der Waals surface area contributed by atoms with Gasteiger partial charge in [-0.15, -0.1) is 0 Å². The molecule has 3 nitrogen and oxygen atoms in total. The molecule has 0 aliphatic heterocycles. The molecule has 0 heterocycles. The third-order valence-electron chi connectivity index (χ3n) is 2.62. The average molecular weight is 187 g/mol. The van der Waals surface area contributed by atoms with Crippen molar-refractivity contribution in [1.82, 2.24) is 5.32 Å². The van der Waals surface area contributed by atoms with E-state index in [9.17, 15) is 10.2 Å². The van der Waals surface area contributed by atoms with Gasteiger partial charge in [0.15, 0.2) is 0 Å². The molecule has 0 aromatic rings. The summed E-state index contributed by atoms with van der Waals surface area (Å²) < 4.78 is 0. The molecule has 1 fully saturated rings. The standard InChI is InChI=1S/C10H21NO2/c1-7(2)11-8-5-3-4-6-9(12)10(8)13/h7-13H,3-6H2,1-2H3/t8-,9+,10-/m0/s1. The Hall–Kier alpha value is -0.120. The average Bonchev–Trinajstić information content (AvgIpc) is 2.19. The minimum Gasteiger partial charge on any atom is -0.390 e. The Bertz CT molecular complexity index is 150. The van der Waals surface area contributed by atoms with Crippen LogP contribution in [0.2, 0.25) is 0 Å². The lowest BCUT2D eigenvalue weighted by molar-refractivity contribution is -0.00351. The summed E-state index contributed by atoms with van der Waals surface area (Å²) in [5, 5.41) is 22.6. The molecule has 13 heavy (non-hydrogen) atoms. The highest BCUT2D eigenvalue weighted by Gasteiger charge is 2.28. The van der Waals surface area contributed by atoms with Crippen LogP contribution in [0.4, 0.5) is 0 Å². The number of aliphatic hydroxyl groups is 2. The van der Waals surface area contributed by atoms with Crippen LogP contribution in [-0.2, 0) is 0 Å². The smallest absolute Gasteiger partial charge is 0.0951 e. The summed E-state index contributed by atoms with van der Waals surface area (Å²) >= 11 is 0. The highest BCUT2D eigenvalue weighted by molar-refractivity contribution is 4.85. The first-order valence-corrected chi connectivity index (χ1v) is 5.23. The highest BCUT2D eigenvalue weighted by atomic mass is 16.3. The summed E-state index contributed by atoms with van der Waals surface area (Å²) in [7, 11) is 0. The second kappa shape index (κ2) is 4.94. The number of hydrogen-bond acceptors (Lipinski definition) is 3. The van der Waals surface area contributed by atoms with Gasteiger partial charge in [0.05, 0.1) is 12.2 Å². The molecule has 3 heteroatoms. The van der Waals surface area contributed by atoms with Gasteiger partial charge in [0.25, 0.3) is 0 Å². The maximum absolute atomic E-state index is 9.75. The number of aliphatic hydroxyl groups excluding tert-OH is 2. The van der Waals surface area contributed by atoms with Crippen LogP contribution < -0.4 is 5.32 Å². The number of rotatable bonds is 2. The molecule has 0 bridgehead atoms. The topological polar surface area (TPSA) is 52.5 Å². The van der Waals surface area contributed by atoms with Crippen LogP contribution in [0.3, 0.4) is 0 Å². The van der Waals surface area contributed by atoms with Gasteiger partial charge in [-0.1, -0.05) is 26.7 Å². The summed E-state index contributed by atoms with van der Waals surface area (Å²) in [6.07, 6.45) is 2.68. The zero-order chi connectivity index (χ0) is 9.84. The Kier molecular flexibility index (Phi) is 4.16. The van der Waals surface area contributed by atoms with E-state index in [-0.39, 0.29) is 6.04 Å². The molecule has 1 saturated carbocycles. The van der Waals surface area contributed by atoms with Gasteiger partial charge >= 0.3 is 0 Å². The Morgan fingerprint density at radius 3 is 2.38 bits per heavy atom. The molecular weight excluding hydrogens is 166 g/mol. The summed E-state index contributed by atoms with van der Waals surface area (Å²) in [6, 6.07) is 0.433. The third kappa shape index (κ3) is 3.25. The normalized spacial score (nSPS) is 36.2. The van der Waals surface area contributed by atoms with Crippen molar-refractivity contribution in [1.29, 1.82) is 0 Å². The summed E-state index contributed by atoms with van der Waals surface area (Å²) in [6.45, 7) is 4.12. The fourth-order valence-electron chi connectivity index (χ4n) is 1.94. The van der Waals surface area contributed by atoms with Gasteiger partial charge in [-0.2, -0.15) is 0 Å². The lowest BCUT2D eigenvalue weighted by Gasteiger charge is -2.26. The molecule has 0 amide bonds. The zero-order valence-electron chi connectivity index (χ0n) is 8.53. The molecule has 0 radical (unpaired) electrons. The fourth-order valence-corrected chi connectivity index (χ4v) is 1.94. The van der Waals surface area contributed by atoms with Crippen LogP contribution in [0.1, 0.15) is 39.5 Å². The molecule has 1 aliphatic rings. The molecule has 0 spiro atoms. The fraction of sp³-hybridized carbons (Fsp3) is 1.00. The maximum atomic E-state index is 9.75. The first kappa shape index (κ1) is 11.0. The predicted octanol–water partition coefficient (Wildman–Crippen LogP) is 0.649. The van der Waals surface area contributed by atoms with Gasteiger partial charge in [-0.3, -0.25) is 0 Å². The first-order chi connectivity index (χ1) is 6.11. The SMILES string of the molecule is CC(C)N[C@H]1CCCC[C@@H](O)[C@H]1O. The minimum absolute atomic E-state index is 0.0671. The molecule has 0 aromatic carbocycles. The van der Waals surface area contributed by atoms with Crippen LogP contribution in [0.15, 0.2) is 0 Å². The van der Waals surface area contributed by atoms with Gasteiger partial charge in [0.1, 0.15) is 0 Å². The van der Waals surface area contributed by atoms with Crippen molar-refractivity contribution >= 4 is 0 Å². The summed E-state index contributed by atoms with van der Waals surface area (Å²) in [5.41, 5.74) is 0. The van der Waals surface area contributed by atoms with Gasteiger partial charge in [-0.05, 0) is 12.8 Å². The van der Waals surface area contributed by atoms with Crippen molar-refractivity contribution in [2.24, 2.45) is 0 Å². The molecule has 0 aromatic heterocycles. The second-order valence-electron chi connectivity index (χ2n) is 4.27. The van der Waals surface area contributed by atoms with Crippen molar-refractivity contribution < 1.29 is 10.2 Å². The van der Waals surface area contributed by atoms with E-state index in [0.29, 0.717) is 6.04 Å². The second-order valence-corrected chi connectivity index (χ2v) is 4.27. The number of hydrogen-bond donors (Lipinski definition) is 3. The first-order valence-electron chi connectivity index (χ1n) is 5.23. The van der Waals surface area contributed by atoms with E-state index in [0.717, 1.165) is 25.7 Å². The van der Waals surface area contributed by atoms with E-state index < -0.39 is 12.2 Å². The Labute approximate surface area is 80.2 Å². The third-order valence-corrected chi connectivity index (χ3v) is 2.62. The predicted molar refractivity (Wildman–Crippen MR) is 52.5 cm³/mol. The Balaban J connectivity index is 2.49. The lowest BCUT2D eigenvalue weighted by Crippen LogP contribution is -2.47. The van der Waals surface area contributed by atoms with E-state index in [4.69, 9.17) is 0 Å². The molecule has 0 unspecified atom stereocenters. The lowest BCUT2D eigenvalue weighted by atomic mass is 10.0. The highest BCUT2D eigenvalue weighted by Crippen LogP contribution is 2.18. The zero-order valence-corrected chi connectivity index (χ0v) is 8.53. The van der Waals surface area contributed by atoms with E-state index in [1.807, 2.05) is 0 Å². The van der Waals surface area contributed by atoms with Crippen molar-refractivity contribution in [2.75, 3.05) is 0 Å². The van der Waals surface area contributed by atoms with Gasteiger partial charge in [0, 0.05) is 12.1 Å². The molecule has 1 rings (SSSR count). The van der Waals surface area contributed by atoms with E-state index >= 15 is 0 Å². The van der Waals surface area contributed by atoms with Crippen LogP contribution in [-0.4, -0.2) is 34.5 Å². The molecule has 3 N–H and O–H groups in total. The molecule has 78 valence electrons. The molecule has 1 aliphatic carbocycles. The quantitative estimate of drug-likeness (QED) is 0.556. The molecule has 0 saturated heterocycles. The molecule has 3 atom stereocenters. The monoisotopic (exact) mass is 187 g/mol. The van der Waals surface area contributed by atoms with E-state index in [1.165, 1.54) is 0 Å².